The Morgan fingerprint density at radius 1 is 1.00 bits per heavy atom. The average molecular weight is 771 g/mol. The van der Waals surface area contributed by atoms with Gasteiger partial charge in [0.15, 0.2) is 0 Å². The smallest absolute Gasteiger partial charge is 0.239 e. The van der Waals surface area contributed by atoms with Crippen LogP contribution in [0.2, 0.25) is 0 Å². The molecule has 0 bridgehead atoms. The van der Waals surface area contributed by atoms with Gasteiger partial charge in [0.25, 0.3) is 0 Å². The number of allylic oxidation sites excluding steroid dienone is 1. The molecule has 4 aliphatic rings. The van der Waals surface area contributed by atoms with Crippen LogP contribution in [0.15, 0.2) is 65.9 Å². The van der Waals surface area contributed by atoms with E-state index in [0.29, 0.717) is 31.7 Å². The Kier molecular flexibility index (Phi) is 14.7. The second-order valence-electron chi connectivity index (χ2n) is 16.6. The van der Waals surface area contributed by atoms with Gasteiger partial charge in [-0.05, 0) is 117 Å². The van der Waals surface area contributed by atoms with Crippen LogP contribution < -0.4 is 9.47 Å². The maximum atomic E-state index is 14.6. The molecule has 2 aromatic rings. The first kappa shape index (κ1) is 42.0. The van der Waals surface area contributed by atoms with E-state index in [2.05, 4.69) is 51.6 Å². The van der Waals surface area contributed by atoms with Crippen LogP contribution in [0.4, 0.5) is 0 Å². The van der Waals surface area contributed by atoms with Crippen molar-refractivity contribution in [2.45, 2.75) is 128 Å². The summed E-state index contributed by atoms with van der Waals surface area (Å²) in [6.07, 6.45) is 16.7. The van der Waals surface area contributed by atoms with Crippen LogP contribution in [0, 0.1) is 37.5 Å². The Hall–Kier alpha value is -3.66. The average Bonchev–Trinajstić information content (AvgIpc) is 3.73. The van der Waals surface area contributed by atoms with Gasteiger partial charge < -0.3 is 34.2 Å². The number of benzene rings is 2. The third kappa shape index (κ3) is 9.05. The molecule has 0 radical (unpaired) electrons. The number of hydrogen-bond donors (Lipinski definition) is 2. The SMILES string of the molecule is C=CCO[C@@]12Oc3ccc(Oc4ccc(C)c(C)c4)cc3[C@H]3[C@H](CCCCO)[C@@H](CCCCO)C=C(C(=NOC)C[C@@H]1N(CCC)C(=O)CCC1CCCC1)[C@H]32. The molecule has 9 heteroatoms. The molecule has 306 valence electrons. The number of fused-ring (bicyclic) bond motifs is 2. The van der Waals surface area contributed by atoms with Crippen molar-refractivity contribution in [1.29, 1.82) is 0 Å². The molecule has 1 amide bonds. The molecule has 2 N–H and O–H groups in total. The zero-order valence-electron chi connectivity index (χ0n) is 34.3. The summed E-state index contributed by atoms with van der Waals surface area (Å²) >= 11 is 0. The highest BCUT2D eigenvalue weighted by Gasteiger charge is 2.65. The summed E-state index contributed by atoms with van der Waals surface area (Å²) in [7, 11) is 1.59. The van der Waals surface area contributed by atoms with E-state index in [0.717, 1.165) is 84.6 Å². The van der Waals surface area contributed by atoms with E-state index < -0.39 is 11.8 Å². The zero-order valence-corrected chi connectivity index (χ0v) is 34.3. The van der Waals surface area contributed by atoms with E-state index >= 15 is 0 Å². The number of aliphatic hydroxyl groups is 2. The van der Waals surface area contributed by atoms with E-state index in [9.17, 15) is 15.0 Å². The van der Waals surface area contributed by atoms with Crippen molar-refractivity contribution < 1.29 is 34.1 Å². The van der Waals surface area contributed by atoms with Crippen molar-refractivity contribution in [3.05, 3.63) is 77.4 Å². The first-order valence-electron chi connectivity index (χ1n) is 21.4. The Labute approximate surface area is 335 Å². The fourth-order valence-corrected chi connectivity index (χ4v) is 10.2. The van der Waals surface area contributed by atoms with Gasteiger partial charge in [0, 0.05) is 44.1 Å². The number of aryl methyl sites for hydroxylation is 2. The molecule has 2 saturated carbocycles. The highest BCUT2D eigenvalue weighted by molar-refractivity contribution is 6.03. The van der Waals surface area contributed by atoms with Gasteiger partial charge in [-0.15, -0.1) is 6.58 Å². The van der Waals surface area contributed by atoms with Crippen molar-refractivity contribution in [2.75, 3.05) is 33.5 Å². The second-order valence-corrected chi connectivity index (χ2v) is 16.6. The van der Waals surface area contributed by atoms with E-state index in [1.807, 2.05) is 23.1 Å². The van der Waals surface area contributed by atoms with Crippen molar-refractivity contribution in [3.63, 3.8) is 0 Å². The van der Waals surface area contributed by atoms with Crippen LogP contribution in [0.25, 0.3) is 0 Å². The summed E-state index contributed by atoms with van der Waals surface area (Å²) in [6, 6.07) is 11.8. The highest BCUT2D eigenvalue weighted by Crippen LogP contribution is 2.62. The van der Waals surface area contributed by atoms with Gasteiger partial charge >= 0.3 is 0 Å². The summed E-state index contributed by atoms with van der Waals surface area (Å²) in [5, 5.41) is 24.5. The lowest BCUT2D eigenvalue weighted by atomic mass is 9.55. The maximum absolute atomic E-state index is 14.6. The van der Waals surface area contributed by atoms with E-state index in [4.69, 9.17) is 24.2 Å². The number of carbonyl (C=O) groups is 1. The van der Waals surface area contributed by atoms with Gasteiger partial charge in [-0.1, -0.05) is 68.8 Å². The fourth-order valence-electron chi connectivity index (χ4n) is 10.2. The molecule has 6 atom stereocenters. The second kappa shape index (κ2) is 19.7. The van der Waals surface area contributed by atoms with Crippen LogP contribution >= 0.6 is 0 Å². The largest absolute Gasteiger partial charge is 0.459 e. The molecule has 0 saturated heterocycles. The number of oxime groups is 1. The third-order valence-electron chi connectivity index (χ3n) is 13.0. The lowest BCUT2D eigenvalue weighted by Gasteiger charge is -2.60. The molecule has 1 aliphatic heterocycles. The van der Waals surface area contributed by atoms with Crippen LogP contribution in [0.5, 0.6) is 17.2 Å². The number of carbonyl (C=O) groups excluding carboxylic acids is 1. The van der Waals surface area contributed by atoms with Crippen LogP contribution in [0.3, 0.4) is 0 Å². The topological polar surface area (TPSA) is 110 Å². The molecule has 2 fully saturated rings. The molecule has 0 spiro atoms. The maximum Gasteiger partial charge on any atom is 0.239 e. The predicted molar refractivity (Wildman–Crippen MR) is 221 cm³/mol. The molecule has 9 nitrogen and oxygen atoms in total. The van der Waals surface area contributed by atoms with Crippen molar-refractivity contribution in [1.82, 2.24) is 4.90 Å². The summed E-state index contributed by atoms with van der Waals surface area (Å²) in [5.74, 6) is 1.64. The number of ether oxygens (including phenoxy) is 3. The predicted octanol–water partition coefficient (Wildman–Crippen LogP) is 9.57. The highest BCUT2D eigenvalue weighted by atomic mass is 16.7. The van der Waals surface area contributed by atoms with Crippen LogP contribution in [0.1, 0.15) is 119 Å². The van der Waals surface area contributed by atoms with E-state index in [1.54, 1.807) is 13.2 Å². The molecule has 6 rings (SSSR count). The zero-order chi connectivity index (χ0) is 39.7. The summed E-state index contributed by atoms with van der Waals surface area (Å²) in [6.45, 7) is 11.5. The van der Waals surface area contributed by atoms with E-state index in [-0.39, 0.29) is 49.4 Å². The first-order chi connectivity index (χ1) is 27.3. The van der Waals surface area contributed by atoms with Crippen molar-refractivity contribution in [3.8, 4) is 17.2 Å². The molecular weight excluding hydrogens is 705 g/mol. The Morgan fingerprint density at radius 3 is 2.43 bits per heavy atom. The lowest BCUT2D eigenvalue weighted by Crippen LogP contribution is -2.70. The van der Waals surface area contributed by atoms with Crippen LogP contribution in [-0.4, -0.2) is 72.0 Å². The molecule has 3 aliphatic carbocycles. The lowest BCUT2D eigenvalue weighted by molar-refractivity contribution is -0.257. The van der Waals surface area contributed by atoms with Gasteiger partial charge in [0.2, 0.25) is 11.7 Å². The molecule has 56 heavy (non-hydrogen) atoms. The molecule has 1 heterocycles. The van der Waals surface area contributed by atoms with Gasteiger partial charge in [-0.2, -0.15) is 0 Å². The fraction of sp³-hybridized carbons (Fsp3) is 0.617. The molecule has 2 aromatic carbocycles. The minimum absolute atomic E-state index is 0.0911. The minimum Gasteiger partial charge on any atom is -0.459 e. The van der Waals surface area contributed by atoms with Gasteiger partial charge in [0.05, 0.1) is 18.2 Å². The number of aliphatic hydroxyl groups excluding tert-OH is 2. The Balaban J connectivity index is 1.53. The van der Waals surface area contributed by atoms with Gasteiger partial charge in [-0.3, -0.25) is 4.79 Å². The monoisotopic (exact) mass is 770 g/mol. The molecule has 0 unspecified atom stereocenters. The van der Waals surface area contributed by atoms with Crippen molar-refractivity contribution >= 4 is 11.6 Å². The number of nitrogens with zero attached hydrogens (tertiary/aromatic N) is 2. The molecular formula is C47H66N2O7. The number of unbranched alkanes of at least 4 members (excludes halogenated alkanes) is 2. The summed E-state index contributed by atoms with van der Waals surface area (Å²) in [4.78, 5) is 22.2. The van der Waals surface area contributed by atoms with Crippen LogP contribution in [-0.2, 0) is 14.4 Å². The summed E-state index contributed by atoms with van der Waals surface area (Å²) in [5.41, 5.74) is 5.29. The third-order valence-corrected chi connectivity index (χ3v) is 13.0. The normalized spacial score (nSPS) is 26.2. The van der Waals surface area contributed by atoms with Gasteiger partial charge in [-0.25, -0.2) is 0 Å². The number of amides is 1. The number of rotatable bonds is 20. The Bertz CT molecular complexity index is 1700. The first-order valence-corrected chi connectivity index (χ1v) is 21.4. The molecule has 0 aromatic heterocycles. The summed E-state index contributed by atoms with van der Waals surface area (Å²) < 4.78 is 21.0. The van der Waals surface area contributed by atoms with Crippen molar-refractivity contribution in [2.24, 2.45) is 28.8 Å². The standard InChI is InChI=1S/C47H66N2O7/c1-6-24-49(44(52)23-19-34-14-8-9-15-34)43-31-41(48-53-5)39-29-35(16-10-12-25-50)38(17-11-13-26-51)45-40-30-37(55-36-20-18-32(3)33(4)28-36)21-22-42(40)56-47(43,46(39)45)54-27-7-2/h7,18,20-22,28-30,34-35,38,43,45-46,50-51H,2,6,8-17,19,23-27,31H2,1,3-5H3/t35-,38+,43-,45+,46+,47+/m0/s1. The Morgan fingerprint density at radius 2 is 1.73 bits per heavy atom. The minimum atomic E-state index is -1.23. The number of hydrogen-bond acceptors (Lipinski definition) is 8. The van der Waals surface area contributed by atoms with Gasteiger partial charge in [0.1, 0.15) is 30.4 Å². The quantitative estimate of drug-likeness (QED) is 0.0784. The van der Waals surface area contributed by atoms with E-state index in [1.165, 1.54) is 31.2 Å².